The van der Waals surface area contributed by atoms with Gasteiger partial charge in [0.1, 0.15) is 5.82 Å². The number of benzene rings is 2. The summed E-state index contributed by atoms with van der Waals surface area (Å²) in [7, 11) is 1.74. The van der Waals surface area contributed by atoms with Gasteiger partial charge in [-0.15, -0.1) is 0 Å². The van der Waals surface area contributed by atoms with E-state index in [-0.39, 0.29) is 11.6 Å². The largest absolute Gasteiger partial charge is 0.388 e. The molecule has 0 atom stereocenters. The molecule has 0 aromatic heterocycles. The molecular formula is C15H14FNO. The van der Waals surface area contributed by atoms with Crippen molar-refractivity contribution in [1.29, 1.82) is 0 Å². The molecule has 2 aromatic carbocycles. The van der Waals surface area contributed by atoms with E-state index >= 15 is 0 Å². The van der Waals surface area contributed by atoms with Crippen LogP contribution in [-0.2, 0) is 0 Å². The van der Waals surface area contributed by atoms with Crippen LogP contribution in [-0.4, -0.2) is 12.8 Å². The predicted octanol–water partition coefficient (Wildman–Crippen LogP) is 3.74. The van der Waals surface area contributed by atoms with Crippen molar-refractivity contribution in [3.8, 4) is 11.1 Å². The summed E-state index contributed by atoms with van der Waals surface area (Å²) in [6, 6.07) is 11.9. The van der Waals surface area contributed by atoms with E-state index in [2.05, 4.69) is 5.32 Å². The third kappa shape index (κ3) is 2.25. The highest BCUT2D eigenvalue weighted by molar-refractivity contribution is 6.00. The summed E-state index contributed by atoms with van der Waals surface area (Å²) in [5, 5.41) is 2.96. The molecule has 2 rings (SSSR count). The van der Waals surface area contributed by atoms with Gasteiger partial charge in [0.2, 0.25) is 0 Å². The first-order chi connectivity index (χ1) is 8.63. The molecule has 0 saturated carbocycles. The molecule has 0 spiro atoms. The number of carbonyl (C=O) groups is 1. The molecule has 0 aliphatic rings. The van der Waals surface area contributed by atoms with Crippen molar-refractivity contribution in [2.75, 3.05) is 12.4 Å². The number of anilines is 1. The van der Waals surface area contributed by atoms with Crippen LogP contribution < -0.4 is 5.32 Å². The van der Waals surface area contributed by atoms with E-state index in [4.69, 9.17) is 0 Å². The molecule has 18 heavy (non-hydrogen) atoms. The van der Waals surface area contributed by atoms with Crippen LogP contribution >= 0.6 is 0 Å². The van der Waals surface area contributed by atoms with Crippen LogP contribution in [0.5, 0.6) is 0 Å². The zero-order valence-electron chi connectivity index (χ0n) is 10.3. The van der Waals surface area contributed by atoms with Crippen LogP contribution in [0.25, 0.3) is 11.1 Å². The SMILES string of the molecule is CNc1cc(-c2ccccc2F)ccc1C(C)=O. The quantitative estimate of drug-likeness (QED) is 0.832. The van der Waals surface area contributed by atoms with Gasteiger partial charge in [-0.2, -0.15) is 0 Å². The number of rotatable bonds is 3. The first kappa shape index (κ1) is 12.3. The standard InChI is InChI=1S/C15H14FNO/c1-10(18)12-8-7-11(9-15(12)17-2)13-5-3-4-6-14(13)16/h3-9,17H,1-2H3. The van der Waals surface area contributed by atoms with E-state index in [0.717, 1.165) is 5.56 Å². The fraction of sp³-hybridized carbons (Fsp3) is 0.133. The number of nitrogens with one attached hydrogen (secondary N) is 1. The highest BCUT2D eigenvalue weighted by Crippen LogP contribution is 2.27. The van der Waals surface area contributed by atoms with Gasteiger partial charge in [-0.25, -0.2) is 4.39 Å². The summed E-state index contributed by atoms with van der Waals surface area (Å²) in [6.07, 6.45) is 0. The maximum absolute atomic E-state index is 13.7. The van der Waals surface area contributed by atoms with Gasteiger partial charge in [0.25, 0.3) is 0 Å². The van der Waals surface area contributed by atoms with Crippen molar-refractivity contribution >= 4 is 11.5 Å². The predicted molar refractivity (Wildman–Crippen MR) is 71.4 cm³/mol. The maximum atomic E-state index is 13.7. The number of Topliss-reactive ketones (excluding diaryl/α,β-unsaturated/α-hetero) is 1. The summed E-state index contributed by atoms with van der Waals surface area (Å²) >= 11 is 0. The van der Waals surface area contributed by atoms with Gasteiger partial charge in [0, 0.05) is 23.9 Å². The second kappa shape index (κ2) is 5.00. The Bertz CT molecular complexity index is 593. The molecular weight excluding hydrogens is 229 g/mol. The van der Waals surface area contributed by atoms with Crippen LogP contribution in [0.4, 0.5) is 10.1 Å². The van der Waals surface area contributed by atoms with Crippen molar-refractivity contribution in [1.82, 2.24) is 0 Å². The van der Waals surface area contributed by atoms with Crippen LogP contribution in [0.15, 0.2) is 42.5 Å². The van der Waals surface area contributed by atoms with E-state index < -0.39 is 0 Å². The van der Waals surface area contributed by atoms with Crippen molar-refractivity contribution in [3.63, 3.8) is 0 Å². The maximum Gasteiger partial charge on any atom is 0.161 e. The third-order valence-electron chi connectivity index (χ3n) is 2.85. The number of ketones is 1. The highest BCUT2D eigenvalue weighted by atomic mass is 19.1. The Labute approximate surface area is 105 Å². The van der Waals surface area contributed by atoms with E-state index in [9.17, 15) is 9.18 Å². The number of hydrogen-bond acceptors (Lipinski definition) is 2. The molecule has 0 radical (unpaired) electrons. The fourth-order valence-electron chi connectivity index (χ4n) is 1.92. The van der Waals surface area contributed by atoms with Gasteiger partial charge in [-0.1, -0.05) is 24.3 Å². The number of hydrogen-bond donors (Lipinski definition) is 1. The lowest BCUT2D eigenvalue weighted by Gasteiger charge is -2.10. The molecule has 0 bridgehead atoms. The summed E-state index contributed by atoms with van der Waals surface area (Å²) in [4.78, 5) is 11.4. The van der Waals surface area contributed by atoms with Gasteiger partial charge < -0.3 is 5.32 Å². The Morgan fingerprint density at radius 3 is 2.50 bits per heavy atom. The molecule has 0 aliphatic heterocycles. The average Bonchev–Trinajstić information content (AvgIpc) is 2.38. The Morgan fingerprint density at radius 2 is 1.89 bits per heavy atom. The highest BCUT2D eigenvalue weighted by Gasteiger charge is 2.09. The summed E-state index contributed by atoms with van der Waals surface area (Å²) in [5.74, 6) is -0.283. The lowest BCUT2D eigenvalue weighted by Crippen LogP contribution is -2.00. The Morgan fingerprint density at radius 1 is 1.17 bits per heavy atom. The molecule has 3 heteroatoms. The smallest absolute Gasteiger partial charge is 0.161 e. The molecule has 0 fully saturated rings. The van der Waals surface area contributed by atoms with Gasteiger partial charge in [0.15, 0.2) is 5.78 Å². The Balaban J connectivity index is 2.55. The van der Waals surface area contributed by atoms with Gasteiger partial charge in [-0.3, -0.25) is 4.79 Å². The van der Waals surface area contributed by atoms with Crippen molar-refractivity contribution in [2.45, 2.75) is 6.92 Å². The fourth-order valence-corrected chi connectivity index (χ4v) is 1.92. The van der Waals surface area contributed by atoms with Gasteiger partial charge in [-0.05, 0) is 30.7 Å². The minimum Gasteiger partial charge on any atom is -0.388 e. The molecule has 1 N–H and O–H groups in total. The lowest BCUT2D eigenvalue weighted by molar-refractivity contribution is 0.101. The lowest BCUT2D eigenvalue weighted by atomic mass is 10.0. The summed E-state index contributed by atoms with van der Waals surface area (Å²) < 4.78 is 13.7. The Hall–Kier alpha value is -2.16. The molecule has 0 aliphatic carbocycles. The van der Waals surface area contributed by atoms with Crippen LogP contribution in [0.3, 0.4) is 0 Å². The minimum absolute atomic E-state index is 0.0144. The summed E-state index contributed by atoms with van der Waals surface area (Å²) in [6.45, 7) is 1.51. The summed E-state index contributed by atoms with van der Waals surface area (Å²) in [5.41, 5.74) is 2.60. The van der Waals surface area contributed by atoms with Crippen molar-refractivity contribution < 1.29 is 9.18 Å². The third-order valence-corrected chi connectivity index (χ3v) is 2.85. The van der Waals surface area contributed by atoms with Crippen LogP contribution in [0.2, 0.25) is 0 Å². The van der Waals surface area contributed by atoms with Gasteiger partial charge in [0.05, 0.1) is 0 Å². The monoisotopic (exact) mass is 243 g/mol. The minimum atomic E-state index is -0.268. The number of halogens is 1. The van der Waals surface area contributed by atoms with Crippen LogP contribution in [0, 0.1) is 5.82 Å². The molecule has 92 valence electrons. The molecule has 0 unspecified atom stereocenters. The van der Waals surface area contributed by atoms with Crippen molar-refractivity contribution in [3.05, 3.63) is 53.8 Å². The van der Waals surface area contributed by atoms with E-state index in [1.807, 2.05) is 0 Å². The van der Waals surface area contributed by atoms with E-state index in [0.29, 0.717) is 16.8 Å². The molecule has 0 heterocycles. The zero-order chi connectivity index (χ0) is 13.1. The Kier molecular flexibility index (Phi) is 3.42. The van der Waals surface area contributed by atoms with E-state index in [1.165, 1.54) is 13.0 Å². The first-order valence-electron chi connectivity index (χ1n) is 5.71. The second-order valence-corrected chi connectivity index (χ2v) is 4.05. The topological polar surface area (TPSA) is 29.1 Å². The molecule has 0 amide bonds. The average molecular weight is 243 g/mol. The molecule has 0 saturated heterocycles. The number of carbonyl (C=O) groups excluding carboxylic acids is 1. The van der Waals surface area contributed by atoms with Crippen LogP contribution in [0.1, 0.15) is 17.3 Å². The first-order valence-corrected chi connectivity index (χ1v) is 5.71. The normalized spacial score (nSPS) is 10.2. The second-order valence-electron chi connectivity index (χ2n) is 4.05. The zero-order valence-corrected chi connectivity index (χ0v) is 10.3. The van der Waals surface area contributed by atoms with Gasteiger partial charge >= 0.3 is 0 Å². The molecule has 2 aromatic rings. The van der Waals surface area contributed by atoms with Crippen molar-refractivity contribution in [2.24, 2.45) is 0 Å². The molecule has 2 nitrogen and oxygen atoms in total. The van der Waals surface area contributed by atoms with E-state index in [1.54, 1.807) is 43.4 Å².